The molecule has 2 aromatic rings. The molecule has 1 aliphatic rings. The van der Waals surface area contributed by atoms with Gasteiger partial charge in [0.25, 0.3) is 0 Å². The molecule has 0 saturated carbocycles. The summed E-state index contributed by atoms with van der Waals surface area (Å²) in [6.45, 7) is 4.89. The van der Waals surface area contributed by atoms with Crippen LogP contribution in [0.15, 0.2) is 24.3 Å². The molecular formula is C19H26N4O2. The Morgan fingerprint density at radius 3 is 2.84 bits per heavy atom. The maximum Gasteiger partial charge on any atom is 0.224 e. The fourth-order valence-corrected chi connectivity index (χ4v) is 3.30. The first-order valence-electron chi connectivity index (χ1n) is 8.93. The topological polar surface area (TPSA) is 78.1 Å². The monoisotopic (exact) mass is 342 g/mol. The number of nitrogens with zero attached hydrogens (tertiary/aromatic N) is 2. The van der Waals surface area contributed by atoms with Gasteiger partial charge < -0.3 is 15.2 Å². The number of carbonyl (C=O) groups excluding carboxylic acids is 2. The Balaban J connectivity index is 1.76. The van der Waals surface area contributed by atoms with Crippen molar-refractivity contribution in [2.75, 3.05) is 13.6 Å². The fourth-order valence-electron chi connectivity index (χ4n) is 3.30. The number of amides is 2. The number of para-hydroxylation sites is 2. The maximum atomic E-state index is 12.7. The molecule has 2 unspecified atom stereocenters. The molecule has 1 aliphatic heterocycles. The SMILES string of the molecule is CC(C)CC(NC(=O)C1CCN(C)C(=O)C1)c1nc2ccccc2[nH]1. The van der Waals surface area contributed by atoms with Gasteiger partial charge in [-0.2, -0.15) is 0 Å². The Bertz CT molecular complexity index is 735. The number of imidazole rings is 1. The first-order chi connectivity index (χ1) is 11.9. The number of likely N-dealkylation sites (tertiary alicyclic amines) is 1. The van der Waals surface area contributed by atoms with E-state index in [1.54, 1.807) is 11.9 Å². The Kier molecular flexibility index (Phi) is 5.06. The zero-order valence-electron chi connectivity index (χ0n) is 15.1. The molecule has 2 heterocycles. The molecule has 6 nitrogen and oxygen atoms in total. The summed E-state index contributed by atoms with van der Waals surface area (Å²) in [7, 11) is 1.78. The van der Waals surface area contributed by atoms with Crippen LogP contribution in [-0.4, -0.2) is 40.3 Å². The van der Waals surface area contributed by atoms with Crippen molar-refractivity contribution in [3.05, 3.63) is 30.1 Å². The van der Waals surface area contributed by atoms with Crippen molar-refractivity contribution >= 4 is 22.8 Å². The summed E-state index contributed by atoms with van der Waals surface area (Å²) in [6.07, 6.45) is 1.80. The number of carbonyl (C=O) groups is 2. The first-order valence-corrected chi connectivity index (χ1v) is 8.93. The highest BCUT2D eigenvalue weighted by Gasteiger charge is 2.30. The van der Waals surface area contributed by atoms with E-state index in [4.69, 9.17) is 0 Å². The van der Waals surface area contributed by atoms with Gasteiger partial charge in [0.15, 0.2) is 0 Å². The zero-order chi connectivity index (χ0) is 18.0. The zero-order valence-corrected chi connectivity index (χ0v) is 15.1. The van der Waals surface area contributed by atoms with Gasteiger partial charge in [-0.1, -0.05) is 26.0 Å². The lowest BCUT2D eigenvalue weighted by Crippen LogP contribution is -2.43. The van der Waals surface area contributed by atoms with Crippen molar-refractivity contribution in [3.8, 4) is 0 Å². The molecule has 2 amide bonds. The van der Waals surface area contributed by atoms with E-state index in [-0.39, 0.29) is 30.2 Å². The van der Waals surface area contributed by atoms with Crippen LogP contribution in [0.25, 0.3) is 11.0 Å². The van der Waals surface area contributed by atoms with E-state index in [0.29, 0.717) is 18.9 Å². The number of aromatic nitrogens is 2. The van der Waals surface area contributed by atoms with Crippen molar-refractivity contribution in [2.45, 2.75) is 39.2 Å². The molecule has 1 saturated heterocycles. The molecule has 1 aromatic heterocycles. The second-order valence-corrected chi connectivity index (χ2v) is 7.33. The molecule has 0 spiro atoms. The summed E-state index contributed by atoms with van der Waals surface area (Å²) in [6, 6.07) is 7.68. The van der Waals surface area contributed by atoms with E-state index in [0.717, 1.165) is 23.3 Å². The lowest BCUT2D eigenvalue weighted by Gasteiger charge is -2.29. The Morgan fingerprint density at radius 2 is 2.16 bits per heavy atom. The third-order valence-electron chi connectivity index (χ3n) is 4.79. The van der Waals surface area contributed by atoms with Gasteiger partial charge in [-0.15, -0.1) is 0 Å². The lowest BCUT2D eigenvalue weighted by molar-refractivity contribution is -0.139. The minimum Gasteiger partial charge on any atom is -0.346 e. The van der Waals surface area contributed by atoms with Crippen molar-refractivity contribution < 1.29 is 9.59 Å². The number of piperidine rings is 1. The molecule has 0 aliphatic carbocycles. The molecule has 0 radical (unpaired) electrons. The van der Waals surface area contributed by atoms with Gasteiger partial charge in [-0.05, 0) is 30.9 Å². The highest BCUT2D eigenvalue weighted by molar-refractivity contribution is 5.87. The van der Waals surface area contributed by atoms with Gasteiger partial charge in [0.05, 0.1) is 17.1 Å². The maximum absolute atomic E-state index is 12.7. The highest BCUT2D eigenvalue weighted by Crippen LogP contribution is 2.24. The lowest BCUT2D eigenvalue weighted by atomic mass is 9.94. The first kappa shape index (κ1) is 17.5. The van der Waals surface area contributed by atoms with Crippen LogP contribution in [0.3, 0.4) is 0 Å². The van der Waals surface area contributed by atoms with Crippen molar-refractivity contribution in [1.82, 2.24) is 20.2 Å². The Labute approximate surface area is 148 Å². The third-order valence-corrected chi connectivity index (χ3v) is 4.79. The molecule has 0 bridgehead atoms. The number of H-pyrrole nitrogens is 1. The van der Waals surface area contributed by atoms with Crippen molar-refractivity contribution in [1.29, 1.82) is 0 Å². The van der Waals surface area contributed by atoms with Gasteiger partial charge in [0.1, 0.15) is 5.82 Å². The molecule has 134 valence electrons. The summed E-state index contributed by atoms with van der Waals surface area (Å²) in [5.74, 6) is 0.936. The van der Waals surface area contributed by atoms with Gasteiger partial charge in [-0.25, -0.2) is 4.98 Å². The molecule has 1 aromatic carbocycles. The second-order valence-electron chi connectivity index (χ2n) is 7.33. The van der Waals surface area contributed by atoms with Crippen molar-refractivity contribution in [3.63, 3.8) is 0 Å². The Morgan fingerprint density at radius 1 is 1.40 bits per heavy atom. The number of fused-ring (bicyclic) bond motifs is 1. The average molecular weight is 342 g/mol. The van der Waals surface area contributed by atoms with Crippen LogP contribution in [0.1, 0.15) is 45.0 Å². The van der Waals surface area contributed by atoms with Gasteiger partial charge in [0, 0.05) is 25.9 Å². The fraction of sp³-hybridized carbons (Fsp3) is 0.526. The molecule has 2 N–H and O–H groups in total. The molecule has 25 heavy (non-hydrogen) atoms. The molecule has 2 atom stereocenters. The van der Waals surface area contributed by atoms with Gasteiger partial charge in [0.2, 0.25) is 11.8 Å². The standard InChI is InChI=1S/C19H26N4O2/c1-12(2)10-16(18-20-14-6-4-5-7-15(14)21-18)22-19(25)13-8-9-23(3)17(24)11-13/h4-7,12-13,16H,8-11H2,1-3H3,(H,20,21)(H,22,25). The van der Waals surface area contributed by atoms with Crippen LogP contribution >= 0.6 is 0 Å². The van der Waals surface area contributed by atoms with Crippen LogP contribution in [0.5, 0.6) is 0 Å². The molecule has 1 fully saturated rings. The minimum absolute atomic E-state index is 0.0375. The predicted molar refractivity (Wildman–Crippen MR) is 96.8 cm³/mol. The molecule has 6 heteroatoms. The normalized spacial score (nSPS) is 19.4. The van der Waals surface area contributed by atoms with E-state index >= 15 is 0 Å². The average Bonchev–Trinajstić information content (AvgIpc) is 3.00. The van der Waals surface area contributed by atoms with Gasteiger partial charge >= 0.3 is 0 Å². The van der Waals surface area contributed by atoms with Crippen molar-refractivity contribution in [2.24, 2.45) is 11.8 Å². The summed E-state index contributed by atoms with van der Waals surface area (Å²) < 4.78 is 0. The number of hydrogen-bond donors (Lipinski definition) is 2. The van der Waals surface area contributed by atoms with Gasteiger partial charge in [-0.3, -0.25) is 9.59 Å². The van der Waals surface area contributed by atoms with E-state index in [1.165, 1.54) is 0 Å². The van der Waals surface area contributed by atoms with Crippen LogP contribution in [0.4, 0.5) is 0 Å². The minimum atomic E-state index is -0.247. The third kappa shape index (κ3) is 4.00. The number of benzene rings is 1. The number of hydrogen-bond acceptors (Lipinski definition) is 3. The number of rotatable bonds is 5. The summed E-state index contributed by atoms with van der Waals surface area (Å²) in [5.41, 5.74) is 1.87. The number of aromatic amines is 1. The molecular weight excluding hydrogens is 316 g/mol. The second kappa shape index (κ2) is 7.25. The van der Waals surface area contributed by atoms with E-state index in [9.17, 15) is 9.59 Å². The smallest absolute Gasteiger partial charge is 0.224 e. The number of nitrogens with one attached hydrogen (secondary N) is 2. The van der Waals surface area contributed by atoms with Crippen LogP contribution in [0.2, 0.25) is 0 Å². The van der Waals surface area contributed by atoms with Crippen LogP contribution < -0.4 is 5.32 Å². The quantitative estimate of drug-likeness (QED) is 0.877. The highest BCUT2D eigenvalue weighted by atomic mass is 16.2. The van der Waals surface area contributed by atoms with Crippen LogP contribution in [-0.2, 0) is 9.59 Å². The molecule has 3 rings (SSSR count). The summed E-state index contributed by atoms with van der Waals surface area (Å²) >= 11 is 0. The van der Waals surface area contributed by atoms with E-state index in [1.807, 2.05) is 24.3 Å². The van der Waals surface area contributed by atoms with E-state index < -0.39 is 0 Å². The van der Waals surface area contributed by atoms with Crippen LogP contribution in [0, 0.1) is 11.8 Å². The Hall–Kier alpha value is -2.37. The predicted octanol–water partition coefficient (Wildman–Crippen LogP) is 2.63. The summed E-state index contributed by atoms with van der Waals surface area (Å²) in [5, 5.41) is 3.13. The van der Waals surface area contributed by atoms with E-state index in [2.05, 4.69) is 29.1 Å². The largest absolute Gasteiger partial charge is 0.346 e. The summed E-state index contributed by atoms with van der Waals surface area (Å²) in [4.78, 5) is 34.3.